The van der Waals surface area contributed by atoms with Crippen LogP contribution in [0.5, 0.6) is 5.88 Å². The summed E-state index contributed by atoms with van der Waals surface area (Å²) in [5.74, 6) is -0.0410. The van der Waals surface area contributed by atoms with Gasteiger partial charge in [0.05, 0.1) is 23.3 Å². The van der Waals surface area contributed by atoms with Gasteiger partial charge in [-0.3, -0.25) is 4.79 Å². The molecular formula is C16H13N3O4S2. The summed E-state index contributed by atoms with van der Waals surface area (Å²) in [7, 11) is 1.52. The van der Waals surface area contributed by atoms with Crippen molar-refractivity contribution in [2.24, 2.45) is 0 Å². The van der Waals surface area contributed by atoms with Crippen molar-refractivity contribution in [2.45, 2.75) is 11.9 Å². The van der Waals surface area contributed by atoms with E-state index in [1.807, 2.05) is 0 Å². The van der Waals surface area contributed by atoms with Crippen molar-refractivity contribution in [3.63, 3.8) is 0 Å². The number of nitrogens with zero attached hydrogens (tertiary/aromatic N) is 3. The zero-order valence-corrected chi connectivity index (χ0v) is 15.0. The summed E-state index contributed by atoms with van der Waals surface area (Å²) in [6.45, 7) is 1.77. The first-order valence-electron chi connectivity index (χ1n) is 7.16. The monoisotopic (exact) mass is 375 g/mol. The van der Waals surface area contributed by atoms with E-state index < -0.39 is 5.97 Å². The molecule has 0 bridgehead atoms. The maximum atomic E-state index is 12.3. The van der Waals surface area contributed by atoms with E-state index in [1.165, 1.54) is 31.0 Å². The largest absolute Gasteiger partial charge is 0.481 e. The van der Waals surface area contributed by atoms with E-state index in [0.717, 1.165) is 11.3 Å². The minimum atomic E-state index is -1.04. The van der Waals surface area contributed by atoms with Gasteiger partial charge in [0.25, 0.3) is 0 Å². The number of hydrogen-bond donors (Lipinski definition) is 1. The third-order valence-electron chi connectivity index (χ3n) is 3.24. The van der Waals surface area contributed by atoms with Crippen LogP contribution < -0.4 is 4.74 Å². The lowest BCUT2D eigenvalue weighted by Gasteiger charge is -2.06. The molecule has 0 atom stereocenters. The van der Waals surface area contributed by atoms with Gasteiger partial charge in [-0.2, -0.15) is 0 Å². The van der Waals surface area contributed by atoms with E-state index in [1.54, 1.807) is 19.1 Å². The molecule has 0 radical (unpaired) electrons. The molecule has 25 heavy (non-hydrogen) atoms. The molecule has 3 aromatic rings. The molecule has 0 saturated carbocycles. The molecule has 0 unspecified atom stereocenters. The van der Waals surface area contributed by atoms with E-state index in [9.17, 15) is 9.59 Å². The normalized spacial score (nSPS) is 10.8. The number of hydrogen-bond acceptors (Lipinski definition) is 8. The molecule has 1 N–H and O–H groups in total. The lowest BCUT2D eigenvalue weighted by molar-refractivity contribution is 0.0702. The van der Waals surface area contributed by atoms with E-state index in [-0.39, 0.29) is 16.4 Å². The van der Waals surface area contributed by atoms with Gasteiger partial charge in [0, 0.05) is 6.07 Å². The summed E-state index contributed by atoms with van der Waals surface area (Å²) in [6.07, 6.45) is 0. The highest BCUT2D eigenvalue weighted by atomic mass is 32.2. The molecule has 3 aromatic heterocycles. The minimum absolute atomic E-state index is 0.129. The van der Waals surface area contributed by atoms with Gasteiger partial charge in [-0.25, -0.2) is 19.7 Å². The van der Waals surface area contributed by atoms with Crippen molar-refractivity contribution in [1.29, 1.82) is 0 Å². The molecule has 0 amide bonds. The number of aromatic carboxylic acids is 1. The first-order valence-corrected chi connectivity index (χ1v) is 8.96. The zero-order chi connectivity index (χ0) is 18.0. The Morgan fingerprint density at radius 1 is 1.16 bits per heavy atom. The fourth-order valence-corrected chi connectivity index (χ4v) is 3.88. The van der Waals surface area contributed by atoms with Crippen LogP contribution in [0.25, 0.3) is 11.0 Å². The molecule has 0 aromatic carbocycles. The van der Waals surface area contributed by atoms with Crippen molar-refractivity contribution in [1.82, 2.24) is 15.0 Å². The smallest absolute Gasteiger partial charge is 0.345 e. The number of Topliss-reactive ketones (excluding diaryl/α,β-unsaturated/α-hetero) is 1. The Bertz CT molecular complexity index is 971. The number of fused-ring (bicyclic) bond motifs is 1. The van der Waals surface area contributed by atoms with Crippen LogP contribution in [0.1, 0.15) is 25.2 Å². The Labute approximate surface area is 151 Å². The second-order valence-corrected chi connectivity index (χ2v) is 7.03. The molecule has 0 aliphatic carbocycles. The Balaban J connectivity index is 1.84. The minimum Gasteiger partial charge on any atom is -0.481 e. The van der Waals surface area contributed by atoms with Crippen LogP contribution in [-0.2, 0) is 0 Å². The topological polar surface area (TPSA) is 102 Å². The highest BCUT2D eigenvalue weighted by Gasteiger charge is 2.16. The van der Waals surface area contributed by atoms with Gasteiger partial charge in [-0.15, -0.1) is 11.3 Å². The molecule has 9 heteroatoms. The summed E-state index contributed by atoms with van der Waals surface area (Å²) in [5, 5.41) is 9.53. The Hall–Kier alpha value is -2.52. The number of thioether (sulfide) groups is 1. The van der Waals surface area contributed by atoms with Gasteiger partial charge in [-0.1, -0.05) is 11.8 Å². The number of thiophene rings is 1. The Kier molecular flexibility index (Phi) is 4.95. The Morgan fingerprint density at radius 3 is 2.60 bits per heavy atom. The maximum absolute atomic E-state index is 12.3. The second-order valence-electron chi connectivity index (χ2n) is 4.98. The Morgan fingerprint density at radius 2 is 1.92 bits per heavy atom. The molecule has 0 saturated heterocycles. The number of ether oxygens (including phenoxy) is 1. The average molecular weight is 375 g/mol. The van der Waals surface area contributed by atoms with Crippen LogP contribution >= 0.6 is 23.1 Å². The number of carbonyl (C=O) groups excluding carboxylic acids is 1. The van der Waals surface area contributed by atoms with Crippen molar-refractivity contribution >= 4 is 45.9 Å². The number of carbonyl (C=O) groups is 2. The average Bonchev–Trinajstić information content (AvgIpc) is 3.09. The summed E-state index contributed by atoms with van der Waals surface area (Å²) < 4.78 is 5.13. The van der Waals surface area contributed by atoms with Crippen LogP contribution in [0.2, 0.25) is 0 Å². The van der Waals surface area contributed by atoms with Gasteiger partial charge >= 0.3 is 5.97 Å². The van der Waals surface area contributed by atoms with Gasteiger partial charge in [0.2, 0.25) is 5.88 Å². The molecule has 3 heterocycles. The van der Waals surface area contributed by atoms with Crippen molar-refractivity contribution < 1.29 is 19.4 Å². The summed E-state index contributed by atoms with van der Waals surface area (Å²) in [4.78, 5) is 36.8. The highest BCUT2D eigenvalue weighted by Crippen LogP contribution is 2.27. The SMILES string of the molecule is COc1ccc2nc(C)nc(SCC(=O)c3ccc(C(=O)O)s3)c2n1. The number of rotatable bonds is 6. The van der Waals surface area contributed by atoms with E-state index in [4.69, 9.17) is 9.84 Å². The van der Waals surface area contributed by atoms with Crippen LogP contribution in [0.15, 0.2) is 29.3 Å². The molecule has 0 aliphatic heterocycles. The predicted octanol–water partition coefficient (Wildman–Crippen LogP) is 3.08. The predicted molar refractivity (Wildman–Crippen MR) is 95.0 cm³/mol. The molecule has 0 fully saturated rings. The first-order chi connectivity index (χ1) is 12.0. The molecule has 0 aliphatic rings. The number of pyridine rings is 1. The van der Waals surface area contributed by atoms with E-state index in [0.29, 0.717) is 32.6 Å². The van der Waals surface area contributed by atoms with E-state index >= 15 is 0 Å². The summed E-state index contributed by atoms with van der Waals surface area (Å²) in [5.41, 5.74) is 1.24. The lowest BCUT2D eigenvalue weighted by Crippen LogP contribution is -2.02. The number of aromatic nitrogens is 3. The number of aryl methyl sites for hydroxylation is 1. The van der Waals surface area contributed by atoms with Crippen LogP contribution in [0, 0.1) is 6.92 Å². The van der Waals surface area contributed by atoms with Crippen molar-refractivity contribution in [3.05, 3.63) is 39.8 Å². The van der Waals surface area contributed by atoms with Gasteiger partial charge < -0.3 is 9.84 Å². The third kappa shape index (κ3) is 3.77. The fourth-order valence-electron chi connectivity index (χ4n) is 2.10. The highest BCUT2D eigenvalue weighted by molar-refractivity contribution is 8.00. The molecule has 3 rings (SSSR count). The van der Waals surface area contributed by atoms with Crippen LogP contribution in [-0.4, -0.2) is 44.7 Å². The standard InChI is InChI=1S/C16H13N3O4S2/c1-8-17-9-3-6-13(23-2)19-14(9)15(18-8)24-7-10(20)11-4-5-12(25-11)16(21)22/h3-6H,7H2,1-2H3,(H,21,22). The number of carboxylic acids is 1. The molecule has 0 spiro atoms. The fraction of sp³-hybridized carbons (Fsp3) is 0.188. The molecule has 128 valence electrons. The zero-order valence-electron chi connectivity index (χ0n) is 13.3. The van der Waals surface area contributed by atoms with Crippen molar-refractivity contribution in [2.75, 3.05) is 12.9 Å². The van der Waals surface area contributed by atoms with Crippen LogP contribution in [0.3, 0.4) is 0 Å². The first kappa shape index (κ1) is 17.3. The van der Waals surface area contributed by atoms with E-state index in [2.05, 4.69) is 15.0 Å². The quantitative estimate of drug-likeness (QED) is 0.398. The number of ketones is 1. The number of methoxy groups -OCH3 is 1. The maximum Gasteiger partial charge on any atom is 0.345 e. The van der Waals surface area contributed by atoms with Gasteiger partial charge in [0.15, 0.2) is 5.78 Å². The van der Waals surface area contributed by atoms with Crippen LogP contribution in [0.4, 0.5) is 0 Å². The summed E-state index contributed by atoms with van der Waals surface area (Å²) >= 11 is 2.21. The molecule has 7 nitrogen and oxygen atoms in total. The van der Waals surface area contributed by atoms with Crippen molar-refractivity contribution in [3.8, 4) is 5.88 Å². The molecular weight excluding hydrogens is 362 g/mol. The number of carboxylic acid groups (broad SMARTS) is 1. The lowest BCUT2D eigenvalue weighted by atomic mass is 10.3. The summed E-state index contributed by atoms with van der Waals surface area (Å²) in [6, 6.07) is 6.47. The second kappa shape index (κ2) is 7.16. The third-order valence-corrected chi connectivity index (χ3v) is 5.32. The van der Waals surface area contributed by atoms with Gasteiger partial charge in [0.1, 0.15) is 21.2 Å². The van der Waals surface area contributed by atoms with Gasteiger partial charge in [-0.05, 0) is 25.1 Å².